The molecule has 5 heteroatoms. The fourth-order valence-electron chi connectivity index (χ4n) is 2.31. The zero-order chi connectivity index (χ0) is 14.5. The summed E-state index contributed by atoms with van der Waals surface area (Å²) < 4.78 is 0. The lowest BCUT2D eigenvalue weighted by atomic mass is 10.1. The van der Waals surface area contributed by atoms with Crippen molar-refractivity contribution in [3.8, 4) is 0 Å². The Kier molecular flexibility index (Phi) is 4.71. The van der Waals surface area contributed by atoms with Gasteiger partial charge in [-0.05, 0) is 39.2 Å². The molecule has 1 saturated heterocycles. The standard InChI is InChI=1S/C15H21N3O2/c1-11(2)17-14(19)12-8-13(10-16-9-12)15(20)18-6-4-3-5-7-18/h8-11H,3-7H2,1-2H3,(H,17,19). The van der Waals surface area contributed by atoms with E-state index in [0.29, 0.717) is 11.1 Å². The first-order valence-corrected chi connectivity index (χ1v) is 7.13. The Balaban J connectivity index is 2.12. The molecule has 0 aliphatic carbocycles. The fourth-order valence-corrected chi connectivity index (χ4v) is 2.31. The second-order valence-electron chi connectivity index (χ2n) is 5.44. The van der Waals surface area contributed by atoms with Crippen molar-refractivity contribution in [2.24, 2.45) is 0 Å². The van der Waals surface area contributed by atoms with Gasteiger partial charge in [-0.25, -0.2) is 0 Å². The Hall–Kier alpha value is -1.91. The van der Waals surface area contributed by atoms with E-state index < -0.39 is 0 Å². The summed E-state index contributed by atoms with van der Waals surface area (Å²) in [5, 5.41) is 2.80. The molecule has 0 unspecified atom stereocenters. The van der Waals surface area contributed by atoms with E-state index in [9.17, 15) is 9.59 Å². The van der Waals surface area contributed by atoms with E-state index in [1.54, 1.807) is 6.07 Å². The van der Waals surface area contributed by atoms with Crippen molar-refractivity contribution in [2.45, 2.75) is 39.2 Å². The molecule has 1 aromatic rings. The van der Waals surface area contributed by atoms with Gasteiger partial charge in [0.2, 0.25) is 0 Å². The van der Waals surface area contributed by atoms with Crippen LogP contribution in [0.3, 0.4) is 0 Å². The van der Waals surface area contributed by atoms with Crippen molar-refractivity contribution in [2.75, 3.05) is 13.1 Å². The van der Waals surface area contributed by atoms with Crippen LogP contribution in [-0.4, -0.2) is 40.8 Å². The predicted octanol–water partition coefficient (Wildman–Crippen LogP) is 1.85. The van der Waals surface area contributed by atoms with Gasteiger partial charge in [-0.15, -0.1) is 0 Å². The second-order valence-corrected chi connectivity index (χ2v) is 5.44. The zero-order valence-electron chi connectivity index (χ0n) is 12.1. The van der Waals surface area contributed by atoms with Gasteiger partial charge in [0.15, 0.2) is 0 Å². The van der Waals surface area contributed by atoms with Gasteiger partial charge in [0.1, 0.15) is 0 Å². The van der Waals surface area contributed by atoms with Crippen LogP contribution < -0.4 is 5.32 Å². The maximum Gasteiger partial charge on any atom is 0.255 e. The van der Waals surface area contributed by atoms with Crippen LogP contribution in [0, 0.1) is 0 Å². The number of hydrogen-bond acceptors (Lipinski definition) is 3. The van der Waals surface area contributed by atoms with Crippen molar-refractivity contribution in [3.63, 3.8) is 0 Å². The van der Waals surface area contributed by atoms with Gasteiger partial charge in [0.05, 0.1) is 11.1 Å². The Labute approximate surface area is 119 Å². The molecule has 1 fully saturated rings. The first-order chi connectivity index (χ1) is 9.58. The Bertz CT molecular complexity index is 494. The van der Waals surface area contributed by atoms with E-state index in [2.05, 4.69) is 10.3 Å². The number of hydrogen-bond donors (Lipinski definition) is 1. The molecule has 20 heavy (non-hydrogen) atoms. The van der Waals surface area contributed by atoms with Gasteiger partial charge in [-0.2, -0.15) is 0 Å². The summed E-state index contributed by atoms with van der Waals surface area (Å²) >= 11 is 0. The van der Waals surface area contributed by atoms with Crippen LogP contribution in [0.4, 0.5) is 0 Å². The molecular weight excluding hydrogens is 254 g/mol. The molecular formula is C15H21N3O2. The SMILES string of the molecule is CC(C)NC(=O)c1cncc(C(=O)N2CCCCC2)c1. The lowest BCUT2D eigenvalue weighted by Gasteiger charge is -2.26. The molecule has 0 atom stereocenters. The highest BCUT2D eigenvalue weighted by molar-refractivity contribution is 5.99. The highest BCUT2D eigenvalue weighted by atomic mass is 16.2. The van der Waals surface area contributed by atoms with Crippen LogP contribution >= 0.6 is 0 Å². The zero-order valence-corrected chi connectivity index (χ0v) is 12.1. The number of carbonyl (C=O) groups excluding carboxylic acids is 2. The van der Waals surface area contributed by atoms with Crippen molar-refractivity contribution in [3.05, 3.63) is 29.6 Å². The third-order valence-electron chi connectivity index (χ3n) is 3.31. The van der Waals surface area contributed by atoms with Crippen LogP contribution in [0.5, 0.6) is 0 Å². The van der Waals surface area contributed by atoms with E-state index in [4.69, 9.17) is 0 Å². The van der Waals surface area contributed by atoms with Gasteiger partial charge in [-0.1, -0.05) is 0 Å². The number of carbonyl (C=O) groups is 2. The molecule has 2 heterocycles. The Morgan fingerprint density at radius 2 is 1.80 bits per heavy atom. The summed E-state index contributed by atoms with van der Waals surface area (Å²) in [6.07, 6.45) is 6.30. The normalized spacial score (nSPS) is 15.2. The van der Waals surface area contributed by atoms with Gasteiger partial charge in [0.25, 0.3) is 11.8 Å². The molecule has 0 radical (unpaired) electrons. The predicted molar refractivity (Wildman–Crippen MR) is 76.6 cm³/mol. The maximum atomic E-state index is 12.4. The summed E-state index contributed by atoms with van der Waals surface area (Å²) in [5.74, 6) is -0.225. The topological polar surface area (TPSA) is 62.3 Å². The minimum atomic E-state index is -0.194. The molecule has 1 aliphatic heterocycles. The Morgan fingerprint density at radius 3 is 2.45 bits per heavy atom. The fraction of sp³-hybridized carbons (Fsp3) is 0.533. The van der Waals surface area contributed by atoms with Gasteiger partial charge in [0, 0.05) is 31.5 Å². The highest BCUT2D eigenvalue weighted by Gasteiger charge is 2.19. The average molecular weight is 275 g/mol. The molecule has 1 N–H and O–H groups in total. The third kappa shape index (κ3) is 3.56. The van der Waals surface area contributed by atoms with Crippen LogP contribution in [0.2, 0.25) is 0 Å². The molecule has 0 spiro atoms. The van der Waals surface area contributed by atoms with Crippen molar-refractivity contribution < 1.29 is 9.59 Å². The first-order valence-electron chi connectivity index (χ1n) is 7.13. The number of nitrogens with one attached hydrogen (secondary N) is 1. The number of rotatable bonds is 3. The maximum absolute atomic E-state index is 12.4. The summed E-state index contributed by atoms with van der Waals surface area (Å²) in [7, 11) is 0. The number of likely N-dealkylation sites (tertiary alicyclic amines) is 1. The molecule has 1 aromatic heterocycles. The summed E-state index contributed by atoms with van der Waals surface area (Å²) in [6.45, 7) is 5.38. The van der Waals surface area contributed by atoms with E-state index in [1.807, 2.05) is 18.7 Å². The molecule has 108 valence electrons. The average Bonchev–Trinajstić information content (AvgIpc) is 2.47. The molecule has 0 aromatic carbocycles. The van der Waals surface area contributed by atoms with E-state index >= 15 is 0 Å². The van der Waals surface area contributed by atoms with Crippen molar-refractivity contribution >= 4 is 11.8 Å². The van der Waals surface area contributed by atoms with Crippen LogP contribution in [0.1, 0.15) is 53.8 Å². The van der Waals surface area contributed by atoms with Gasteiger partial charge < -0.3 is 10.2 Å². The van der Waals surface area contributed by atoms with Crippen molar-refractivity contribution in [1.82, 2.24) is 15.2 Å². The van der Waals surface area contributed by atoms with Gasteiger partial charge in [-0.3, -0.25) is 14.6 Å². The highest BCUT2D eigenvalue weighted by Crippen LogP contribution is 2.13. The third-order valence-corrected chi connectivity index (χ3v) is 3.31. The number of piperidine rings is 1. The Morgan fingerprint density at radius 1 is 1.15 bits per heavy atom. The minimum Gasteiger partial charge on any atom is -0.350 e. The molecule has 5 nitrogen and oxygen atoms in total. The minimum absolute atomic E-state index is 0.0311. The number of pyridine rings is 1. The van der Waals surface area contributed by atoms with Crippen LogP contribution in [0.15, 0.2) is 18.5 Å². The molecule has 0 bridgehead atoms. The van der Waals surface area contributed by atoms with Crippen LogP contribution in [-0.2, 0) is 0 Å². The molecule has 0 saturated carbocycles. The van der Waals surface area contributed by atoms with E-state index in [1.165, 1.54) is 18.8 Å². The summed E-state index contributed by atoms with van der Waals surface area (Å²) in [4.78, 5) is 30.1. The van der Waals surface area contributed by atoms with Gasteiger partial charge >= 0.3 is 0 Å². The number of nitrogens with zero attached hydrogens (tertiary/aromatic N) is 2. The summed E-state index contributed by atoms with van der Waals surface area (Å²) in [5.41, 5.74) is 0.921. The first kappa shape index (κ1) is 14.5. The summed E-state index contributed by atoms with van der Waals surface area (Å²) in [6, 6.07) is 1.69. The molecule has 2 rings (SSSR count). The van der Waals surface area contributed by atoms with Crippen LogP contribution in [0.25, 0.3) is 0 Å². The number of aromatic nitrogens is 1. The molecule has 2 amide bonds. The van der Waals surface area contributed by atoms with E-state index in [-0.39, 0.29) is 17.9 Å². The lowest BCUT2D eigenvalue weighted by Crippen LogP contribution is -2.36. The quantitative estimate of drug-likeness (QED) is 0.915. The second kappa shape index (κ2) is 6.50. The largest absolute Gasteiger partial charge is 0.350 e. The molecule has 1 aliphatic rings. The lowest BCUT2D eigenvalue weighted by molar-refractivity contribution is 0.0724. The monoisotopic (exact) mass is 275 g/mol. The van der Waals surface area contributed by atoms with Crippen molar-refractivity contribution in [1.29, 1.82) is 0 Å². The number of amides is 2. The smallest absolute Gasteiger partial charge is 0.255 e. The van der Waals surface area contributed by atoms with E-state index in [0.717, 1.165) is 25.9 Å².